The zero-order valence-electron chi connectivity index (χ0n) is 6.14. The van der Waals surface area contributed by atoms with Crippen LogP contribution in [0.2, 0.25) is 0 Å². The number of hydrogen-bond donors (Lipinski definition) is 0. The summed E-state index contributed by atoms with van der Waals surface area (Å²) in [5, 5.41) is 0. The van der Waals surface area contributed by atoms with Crippen LogP contribution in [0.25, 0.3) is 0 Å². The van der Waals surface area contributed by atoms with Crippen molar-refractivity contribution >= 4 is 0 Å². The Morgan fingerprint density at radius 1 is 1.18 bits per heavy atom. The molecular formula is C9H9N2. The van der Waals surface area contributed by atoms with E-state index in [1.165, 1.54) is 5.70 Å². The highest BCUT2D eigenvalue weighted by Gasteiger charge is 2.05. The second-order valence-corrected chi connectivity index (χ2v) is 2.37. The molecule has 11 heavy (non-hydrogen) atoms. The minimum atomic E-state index is 0. The predicted molar refractivity (Wildman–Crippen MR) is 44.3 cm³/mol. The lowest BCUT2D eigenvalue weighted by molar-refractivity contribution is 0.523. The SMILES string of the molecule is C1=CCN2C=CC=CC2=C1.[N]. The van der Waals surface area contributed by atoms with E-state index in [4.69, 9.17) is 0 Å². The van der Waals surface area contributed by atoms with Gasteiger partial charge in [0.2, 0.25) is 0 Å². The molecule has 0 saturated carbocycles. The van der Waals surface area contributed by atoms with Gasteiger partial charge < -0.3 is 4.90 Å². The molecule has 0 amide bonds. The lowest BCUT2D eigenvalue weighted by Gasteiger charge is -2.23. The van der Waals surface area contributed by atoms with E-state index >= 15 is 0 Å². The minimum Gasteiger partial charge on any atom is -0.344 e. The van der Waals surface area contributed by atoms with Gasteiger partial charge in [0.15, 0.2) is 0 Å². The van der Waals surface area contributed by atoms with Crippen LogP contribution in [0, 0.1) is 0 Å². The van der Waals surface area contributed by atoms with E-state index < -0.39 is 0 Å². The van der Waals surface area contributed by atoms with Crippen LogP contribution in [-0.4, -0.2) is 11.4 Å². The van der Waals surface area contributed by atoms with Gasteiger partial charge in [-0.05, 0) is 18.2 Å². The molecule has 2 heteroatoms. The number of hydrogen-bond acceptors (Lipinski definition) is 1. The molecule has 0 aromatic carbocycles. The van der Waals surface area contributed by atoms with Gasteiger partial charge in [-0.1, -0.05) is 18.2 Å². The number of nitrogens with zero attached hydrogens (tertiary/aromatic N) is 2. The summed E-state index contributed by atoms with van der Waals surface area (Å²) >= 11 is 0. The van der Waals surface area contributed by atoms with Crippen molar-refractivity contribution < 1.29 is 0 Å². The second-order valence-electron chi connectivity index (χ2n) is 2.37. The molecule has 0 aromatic heterocycles. The fourth-order valence-corrected chi connectivity index (χ4v) is 1.15. The summed E-state index contributed by atoms with van der Waals surface area (Å²) in [7, 11) is 0. The van der Waals surface area contributed by atoms with Gasteiger partial charge in [0.25, 0.3) is 0 Å². The molecule has 0 bridgehead atoms. The first-order chi connectivity index (χ1) is 4.97. The Balaban J connectivity index is 0.000000605. The first kappa shape index (κ1) is 7.82. The maximum Gasteiger partial charge on any atom is 0.0409 e. The second kappa shape index (κ2) is 3.21. The van der Waals surface area contributed by atoms with Crippen molar-refractivity contribution in [2.75, 3.05) is 6.54 Å². The third kappa shape index (κ3) is 1.41. The van der Waals surface area contributed by atoms with E-state index in [1.54, 1.807) is 0 Å². The summed E-state index contributed by atoms with van der Waals surface area (Å²) in [5.41, 5.74) is 1.28. The first-order valence-corrected chi connectivity index (χ1v) is 3.45. The van der Waals surface area contributed by atoms with Crippen LogP contribution in [-0.2, 0) is 0 Å². The van der Waals surface area contributed by atoms with Crippen LogP contribution >= 0.6 is 0 Å². The Kier molecular flexibility index (Phi) is 2.28. The molecule has 2 rings (SSSR count). The standard InChI is InChI=1S/C9H9N.N/c1-3-7-10-8-4-2-6-9(10)5-1;/h1-7H,8H2;. The Hall–Kier alpha value is -1.28. The Labute approximate surface area is 66.8 Å². The topological polar surface area (TPSA) is 33.7 Å². The third-order valence-electron chi connectivity index (χ3n) is 1.68. The Bertz CT molecular complexity index is 246. The van der Waals surface area contributed by atoms with Crippen molar-refractivity contribution in [3.63, 3.8) is 0 Å². The zero-order valence-corrected chi connectivity index (χ0v) is 6.14. The summed E-state index contributed by atoms with van der Waals surface area (Å²) in [5.74, 6) is 0. The van der Waals surface area contributed by atoms with Crippen LogP contribution in [0.4, 0.5) is 0 Å². The smallest absolute Gasteiger partial charge is 0.0409 e. The van der Waals surface area contributed by atoms with Crippen molar-refractivity contribution in [1.82, 2.24) is 11.1 Å². The number of rotatable bonds is 0. The van der Waals surface area contributed by atoms with Crippen molar-refractivity contribution in [1.29, 1.82) is 0 Å². The third-order valence-corrected chi connectivity index (χ3v) is 1.68. The molecule has 3 radical (unpaired) electrons. The highest BCUT2D eigenvalue weighted by molar-refractivity contribution is 5.33. The van der Waals surface area contributed by atoms with Crippen molar-refractivity contribution in [2.45, 2.75) is 0 Å². The van der Waals surface area contributed by atoms with Gasteiger partial charge in [-0.2, -0.15) is 0 Å². The van der Waals surface area contributed by atoms with E-state index in [9.17, 15) is 0 Å². The molecule has 2 aliphatic heterocycles. The molecule has 0 aromatic rings. The van der Waals surface area contributed by atoms with Crippen LogP contribution in [0.1, 0.15) is 0 Å². The molecule has 0 N–H and O–H groups in total. The van der Waals surface area contributed by atoms with Gasteiger partial charge in [-0.25, -0.2) is 0 Å². The molecule has 0 saturated heterocycles. The molecule has 0 fully saturated rings. The maximum absolute atomic E-state index is 2.21. The lowest BCUT2D eigenvalue weighted by Crippen LogP contribution is -2.18. The van der Waals surface area contributed by atoms with E-state index in [0.29, 0.717) is 0 Å². The summed E-state index contributed by atoms with van der Waals surface area (Å²) < 4.78 is 0. The lowest BCUT2D eigenvalue weighted by atomic mass is 10.2. The Morgan fingerprint density at radius 3 is 2.91 bits per heavy atom. The average molecular weight is 145 g/mol. The molecule has 0 unspecified atom stereocenters. The van der Waals surface area contributed by atoms with Crippen molar-refractivity contribution in [2.24, 2.45) is 0 Å². The highest BCUT2D eigenvalue weighted by atomic mass is 15.1. The fraction of sp³-hybridized carbons (Fsp3) is 0.111. The fourth-order valence-electron chi connectivity index (χ4n) is 1.15. The largest absolute Gasteiger partial charge is 0.344 e. The van der Waals surface area contributed by atoms with Crippen LogP contribution in [0.15, 0.2) is 48.4 Å². The van der Waals surface area contributed by atoms with E-state index in [2.05, 4.69) is 47.6 Å². The summed E-state index contributed by atoms with van der Waals surface area (Å²) in [4.78, 5) is 2.21. The number of allylic oxidation sites excluding steroid dienone is 5. The van der Waals surface area contributed by atoms with E-state index in [1.807, 2.05) is 0 Å². The summed E-state index contributed by atoms with van der Waals surface area (Å²) in [6.45, 7) is 1.01. The van der Waals surface area contributed by atoms with E-state index in [-0.39, 0.29) is 6.15 Å². The average Bonchev–Trinajstić information content (AvgIpc) is 2.05. The predicted octanol–water partition coefficient (Wildman–Crippen LogP) is 1.34. The van der Waals surface area contributed by atoms with Gasteiger partial charge in [0, 0.05) is 24.6 Å². The van der Waals surface area contributed by atoms with Gasteiger partial charge in [-0.3, -0.25) is 0 Å². The van der Waals surface area contributed by atoms with Gasteiger partial charge >= 0.3 is 0 Å². The number of fused-ring (bicyclic) bond motifs is 1. The van der Waals surface area contributed by atoms with Crippen LogP contribution in [0.3, 0.4) is 0 Å². The van der Waals surface area contributed by atoms with Crippen LogP contribution < -0.4 is 6.15 Å². The van der Waals surface area contributed by atoms with Crippen LogP contribution in [0.5, 0.6) is 0 Å². The Morgan fingerprint density at radius 2 is 2.09 bits per heavy atom. The van der Waals surface area contributed by atoms with Crippen molar-refractivity contribution in [3.05, 3.63) is 48.4 Å². The molecule has 2 nitrogen and oxygen atoms in total. The van der Waals surface area contributed by atoms with Gasteiger partial charge in [0.1, 0.15) is 0 Å². The quantitative estimate of drug-likeness (QED) is 0.506. The zero-order chi connectivity index (χ0) is 6.81. The first-order valence-electron chi connectivity index (χ1n) is 3.45. The summed E-state index contributed by atoms with van der Waals surface area (Å²) in [6.07, 6.45) is 14.7. The molecule has 0 atom stereocenters. The highest BCUT2D eigenvalue weighted by Crippen LogP contribution is 2.14. The van der Waals surface area contributed by atoms with Crippen molar-refractivity contribution in [3.8, 4) is 0 Å². The summed E-state index contributed by atoms with van der Waals surface area (Å²) in [6, 6.07) is 0. The maximum atomic E-state index is 2.21. The molecule has 0 aliphatic carbocycles. The van der Waals surface area contributed by atoms with E-state index in [0.717, 1.165) is 6.54 Å². The van der Waals surface area contributed by atoms with Gasteiger partial charge in [-0.15, -0.1) is 0 Å². The molecule has 2 heterocycles. The monoisotopic (exact) mass is 145 g/mol. The normalized spacial score (nSPS) is 18.9. The minimum absolute atomic E-state index is 0. The molecular weight excluding hydrogens is 136 g/mol. The molecule has 55 valence electrons. The molecule has 2 aliphatic rings. The van der Waals surface area contributed by atoms with Gasteiger partial charge in [0.05, 0.1) is 0 Å². The molecule has 0 spiro atoms.